The average molecular weight is 447 g/mol. The van der Waals surface area contributed by atoms with E-state index in [0.717, 1.165) is 0 Å². The fourth-order valence-corrected chi connectivity index (χ4v) is 3.41. The Morgan fingerprint density at radius 1 is 0.906 bits per heavy atom. The summed E-state index contributed by atoms with van der Waals surface area (Å²) in [6, 6.07) is 17.1. The Hall–Kier alpha value is -4.31. The molecule has 0 fully saturated rings. The van der Waals surface area contributed by atoms with Crippen molar-refractivity contribution in [3.05, 3.63) is 88.4 Å². The molecule has 10 heteroatoms. The lowest BCUT2D eigenvalue weighted by atomic mass is 10.2. The van der Waals surface area contributed by atoms with Gasteiger partial charge in [0, 0.05) is 16.9 Å². The number of hydrogen-bond acceptors (Lipinski definition) is 7. The van der Waals surface area contributed by atoms with E-state index in [2.05, 4.69) is 25.7 Å². The summed E-state index contributed by atoms with van der Waals surface area (Å²) in [6.45, 7) is 0. The van der Waals surface area contributed by atoms with E-state index in [0.29, 0.717) is 27.5 Å². The molecule has 4 aromatic rings. The third kappa shape index (κ3) is 4.71. The predicted octanol–water partition coefficient (Wildman–Crippen LogP) is 3.62. The second kappa shape index (κ2) is 9.23. The zero-order valence-corrected chi connectivity index (χ0v) is 17.6. The van der Waals surface area contributed by atoms with Crippen molar-refractivity contribution in [1.29, 1.82) is 0 Å². The van der Waals surface area contributed by atoms with E-state index in [4.69, 9.17) is 0 Å². The maximum atomic E-state index is 12.5. The predicted molar refractivity (Wildman–Crippen MR) is 119 cm³/mol. The minimum Gasteiger partial charge on any atom is -0.464 e. The Morgan fingerprint density at radius 3 is 2.19 bits per heavy atom. The highest BCUT2D eigenvalue weighted by Crippen LogP contribution is 2.17. The van der Waals surface area contributed by atoms with Crippen LogP contribution in [-0.2, 0) is 4.74 Å². The van der Waals surface area contributed by atoms with Crippen LogP contribution < -0.4 is 10.6 Å². The van der Waals surface area contributed by atoms with E-state index >= 15 is 0 Å². The number of nitrogens with one attached hydrogen (secondary N) is 2. The standard InChI is InChI=1S/C22H17N5O4S/c1-31-22(30)18-13-27(26-25-18)17-10-8-16(9-11-17)23-20(28)14-4-6-15(7-5-14)24-21(29)19-3-2-12-32-19/h2-13H,1H3,(H,23,28)(H,24,29). The summed E-state index contributed by atoms with van der Waals surface area (Å²) in [5, 5.41) is 15.1. The van der Waals surface area contributed by atoms with Crippen LogP contribution in [-0.4, -0.2) is 39.9 Å². The van der Waals surface area contributed by atoms with Crippen molar-refractivity contribution in [2.24, 2.45) is 0 Å². The van der Waals surface area contributed by atoms with Gasteiger partial charge in [0.2, 0.25) is 0 Å². The van der Waals surface area contributed by atoms with Crippen molar-refractivity contribution in [2.45, 2.75) is 0 Å². The van der Waals surface area contributed by atoms with Gasteiger partial charge in [-0.05, 0) is 60.0 Å². The molecule has 0 spiro atoms. The molecule has 2 aromatic heterocycles. The topological polar surface area (TPSA) is 115 Å². The second-order valence-electron chi connectivity index (χ2n) is 6.55. The minimum absolute atomic E-state index is 0.0971. The van der Waals surface area contributed by atoms with Crippen LogP contribution in [0.15, 0.2) is 72.2 Å². The van der Waals surface area contributed by atoms with Crippen LogP contribution in [0.2, 0.25) is 0 Å². The van der Waals surface area contributed by atoms with E-state index in [9.17, 15) is 14.4 Å². The van der Waals surface area contributed by atoms with Gasteiger partial charge in [-0.25, -0.2) is 9.48 Å². The molecule has 160 valence electrons. The number of esters is 1. The lowest BCUT2D eigenvalue weighted by molar-refractivity contribution is 0.0593. The Bertz CT molecular complexity index is 1250. The van der Waals surface area contributed by atoms with Gasteiger partial charge in [-0.2, -0.15) is 0 Å². The van der Waals surface area contributed by atoms with Gasteiger partial charge in [-0.3, -0.25) is 9.59 Å². The van der Waals surface area contributed by atoms with E-state index in [1.54, 1.807) is 54.6 Å². The van der Waals surface area contributed by atoms with Crippen LogP contribution in [0, 0.1) is 0 Å². The SMILES string of the molecule is COC(=O)c1cn(-c2ccc(NC(=O)c3ccc(NC(=O)c4cccs4)cc3)cc2)nn1. The molecular weight excluding hydrogens is 430 g/mol. The zero-order chi connectivity index (χ0) is 22.5. The zero-order valence-electron chi connectivity index (χ0n) is 16.8. The number of hydrogen-bond donors (Lipinski definition) is 2. The number of rotatable bonds is 6. The summed E-state index contributed by atoms with van der Waals surface area (Å²) in [5.41, 5.74) is 2.39. The minimum atomic E-state index is -0.572. The number of ether oxygens (including phenoxy) is 1. The first-order chi connectivity index (χ1) is 15.5. The summed E-state index contributed by atoms with van der Waals surface area (Å²) in [5.74, 6) is -1.05. The summed E-state index contributed by atoms with van der Waals surface area (Å²) < 4.78 is 6.04. The number of anilines is 2. The molecule has 0 aliphatic carbocycles. The summed E-state index contributed by atoms with van der Waals surface area (Å²) >= 11 is 1.36. The van der Waals surface area contributed by atoms with Gasteiger partial charge in [0.05, 0.1) is 23.9 Å². The number of carbonyl (C=O) groups excluding carboxylic acids is 3. The first-order valence-corrected chi connectivity index (χ1v) is 10.3. The smallest absolute Gasteiger partial charge is 0.360 e. The number of benzene rings is 2. The first-order valence-electron chi connectivity index (χ1n) is 9.41. The molecule has 0 bridgehead atoms. The molecule has 4 rings (SSSR count). The van der Waals surface area contributed by atoms with Gasteiger partial charge in [0.1, 0.15) is 0 Å². The number of amides is 2. The summed E-state index contributed by atoms with van der Waals surface area (Å²) in [7, 11) is 1.27. The van der Waals surface area contributed by atoms with Gasteiger partial charge >= 0.3 is 5.97 Å². The van der Waals surface area contributed by atoms with Gasteiger partial charge in [-0.15, -0.1) is 16.4 Å². The van der Waals surface area contributed by atoms with Gasteiger partial charge < -0.3 is 15.4 Å². The molecule has 2 aromatic carbocycles. The lowest BCUT2D eigenvalue weighted by Gasteiger charge is -2.08. The molecule has 32 heavy (non-hydrogen) atoms. The molecule has 2 amide bonds. The van der Waals surface area contributed by atoms with Crippen molar-refractivity contribution in [2.75, 3.05) is 17.7 Å². The largest absolute Gasteiger partial charge is 0.464 e. The van der Waals surface area contributed by atoms with Crippen LogP contribution >= 0.6 is 11.3 Å². The van der Waals surface area contributed by atoms with Crippen molar-refractivity contribution in [3.63, 3.8) is 0 Å². The quantitative estimate of drug-likeness (QED) is 0.436. The molecule has 0 saturated carbocycles. The molecule has 0 saturated heterocycles. The van der Waals surface area contributed by atoms with Crippen LogP contribution in [0.1, 0.15) is 30.5 Å². The number of nitrogens with zero attached hydrogens (tertiary/aromatic N) is 3. The van der Waals surface area contributed by atoms with E-state index in [1.807, 2.05) is 11.4 Å². The van der Waals surface area contributed by atoms with Gasteiger partial charge in [0.15, 0.2) is 5.69 Å². The first kappa shape index (κ1) is 20.9. The Balaban J connectivity index is 1.37. The molecular formula is C22H17N5O4S. The third-order valence-corrected chi connectivity index (χ3v) is 5.30. The lowest BCUT2D eigenvalue weighted by Crippen LogP contribution is -2.13. The molecule has 0 radical (unpaired) electrons. The average Bonchev–Trinajstić information content (AvgIpc) is 3.52. The fourth-order valence-electron chi connectivity index (χ4n) is 2.79. The number of methoxy groups -OCH3 is 1. The van der Waals surface area contributed by atoms with Crippen LogP contribution in [0.4, 0.5) is 11.4 Å². The normalized spacial score (nSPS) is 10.4. The number of carbonyl (C=O) groups is 3. The van der Waals surface area contributed by atoms with Crippen LogP contribution in [0.5, 0.6) is 0 Å². The molecule has 2 N–H and O–H groups in total. The Kier molecular flexibility index (Phi) is 6.04. The highest BCUT2D eigenvalue weighted by molar-refractivity contribution is 7.12. The molecule has 0 atom stereocenters. The Morgan fingerprint density at radius 2 is 1.56 bits per heavy atom. The van der Waals surface area contributed by atoms with Crippen LogP contribution in [0.3, 0.4) is 0 Å². The number of aromatic nitrogens is 3. The summed E-state index contributed by atoms with van der Waals surface area (Å²) in [6.07, 6.45) is 1.46. The van der Waals surface area contributed by atoms with Crippen LogP contribution in [0.25, 0.3) is 5.69 Å². The van der Waals surface area contributed by atoms with Gasteiger partial charge in [0.25, 0.3) is 11.8 Å². The maximum absolute atomic E-state index is 12.5. The van der Waals surface area contributed by atoms with E-state index < -0.39 is 5.97 Å². The van der Waals surface area contributed by atoms with E-state index in [1.165, 1.54) is 29.3 Å². The molecule has 0 aliphatic rings. The summed E-state index contributed by atoms with van der Waals surface area (Å²) in [4.78, 5) is 36.7. The fraction of sp³-hybridized carbons (Fsp3) is 0.0455. The van der Waals surface area contributed by atoms with Crippen molar-refractivity contribution in [3.8, 4) is 5.69 Å². The molecule has 0 aliphatic heterocycles. The number of thiophene rings is 1. The highest BCUT2D eigenvalue weighted by atomic mass is 32.1. The monoisotopic (exact) mass is 447 g/mol. The van der Waals surface area contributed by atoms with Gasteiger partial charge in [-0.1, -0.05) is 11.3 Å². The molecule has 9 nitrogen and oxygen atoms in total. The second-order valence-corrected chi connectivity index (χ2v) is 7.50. The van der Waals surface area contributed by atoms with Crippen molar-refractivity contribution < 1.29 is 19.1 Å². The third-order valence-electron chi connectivity index (χ3n) is 4.43. The highest BCUT2D eigenvalue weighted by Gasteiger charge is 2.12. The Labute approximate surface area is 186 Å². The molecule has 0 unspecified atom stereocenters. The molecule has 2 heterocycles. The van der Waals surface area contributed by atoms with Crippen molar-refractivity contribution >= 4 is 40.5 Å². The maximum Gasteiger partial charge on any atom is 0.360 e. The van der Waals surface area contributed by atoms with Crippen molar-refractivity contribution in [1.82, 2.24) is 15.0 Å². The van der Waals surface area contributed by atoms with E-state index in [-0.39, 0.29) is 17.5 Å².